The Kier molecular flexibility index (Phi) is 5.90. The number of fused-ring (bicyclic) bond motifs is 7. The predicted molar refractivity (Wildman–Crippen MR) is 191 cm³/mol. The van der Waals surface area contributed by atoms with Gasteiger partial charge in [-0.25, -0.2) is 0 Å². The van der Waals surface area contributed by atoms with Gasteiger partial charge in [0, 0.05) is 37.9 Å². The molecule has 3 heteroatoms. The van der Waals surface area contributed by atoms with E-state index in [1.54, 1.807) is 0 Å². The molecule has 0 aliphatic carbocycles. The second-order valence-corrected chi connectivity index (χ2v) is 12.0. The van der Waals surface area contributed by atoms with Crippen molar-refractivity contribution in [2.45, 2.75) is 0 Å². The average Bonchev–Trinajstić information content (AvgIpc) is 3.61. The van der Waals surface area contributed by atoms with Gasteiger partial charge in [-0.1, -0.05) is 115 Å². The van der Waals surface area contributed by atoms with E-state index in [1.807, 2.05) is 6.07 Å². The molecule has 2 heterocycles. The molecule has 7 aromatic carbocycles. The van der Waals surface area contributed by atoms with Crippen LogP contribution >= 0.6 is 11.6 Å². The molecule has 0 fully saturated rings. The minimum Gasteiger partial charge on any atom is -0.309 e. The Balaban J connectivity index is 1.33. The van der Waals surface area contributed by atoms with Crippen molar-refractivity contribution in [3.8, 4) is 33.6 Å². The highest BCUT2D eigenvalue weighted by Gasteiger charge is 2.21. The summed E-state index contributed by atoms with van der Waals surface area (Å²) in [5.41, 5.74) is 11.7. The SMILES string of the molecule is Clc1ccc2c(c1)c1c3c4ccccc4n(-c4cccc(-c5ccccc5)c4)c3ccc1n2-c1ccc(-c2ccccc2)cc1. The summed E-state index contributed by atoms with van der Waals surface area (Å²) >= 11 is 6.69. The van der Waals surface area contributed by atoms with E-state index >= 15 is 0 Å². The number of hydrogen-bond acceptors (Lipinski definition) is 0. The number of halogens is 1. The first-order valence-corrected chi connectivity index (χ1v) is 15.6. The van der Waals surface area contributed by atoms with Crippen LogP contribution in [0, 0.1) is 0 Å². The molecule has 0 aliphatic heterocycles. The van der Waals surface area contributed by atoms with Crippen LogP contribution in [0.5, 0.6) is 0 Å². The van der Waals surface area contributed by atoms with Gasteiger partial charge in [0.15, 0.2) is 0 Å². The Bertz CT molecular complexity index is 2520. The summed E-state index contributed by atoms with van der Waals surface area (Å²) in [7, 11) is 0. The molecule has 0 amide bonds. The molecule has 9 rings (SSSR count). The van der Waals surface area contributed by atoms with Crippen LogP contribution in [0.1, 0.15) is 0 Å². The fourth-order valence-electron chi connectivity index (χ4n) is 6.99. The fourth-order valence-corrected chi connectivity index (χ4v) is 7.16. The number of aromatic nitrogens is 2. The minimum atomic E-state index is 0.734. The van der Waals surface area contributed by atoms with Crippen molar-refractivity contribution in [1.82, 2.24) is 9.13 Å². The third-order valence-corrected chi connectivity index (χ3v) is 9.21. The predicted octanol–water partition coefficient (Wildman–Crippen LogP) is 11.9. The van der Waals surface area contributed by atoms with Crippen LogP contribution in [-0.2, 0) is 0 Å². The molecular formula is C42H27ClN2. The molecule has 9 aromatic rings. The molecule has 0 bridgehead atoms. The Morgan fingerprint density at radius 1 is 0.333 bits per heavy atom. The van der Waals surface area contributed by atoms with Crippen LogP contribution < -0.4 is 0 Å². The van der Waals surface area contributed by atoms with Crippen LogP contribution in [-0.4, -0.2) is 9.13 Å². The normalized spacial score (nSPS) is 11.7. The summed E-state index contributed by atoms with van der Waals surface area (Å²) in [4.78, 5) is 0. The van der Waals surface area contributed by atoms with Gasteiger partial charge in [-0.2, -0.15) is 0 Å². The number of rotatable bonds is 4. The van der Waals surface area contributed by atoms with Crippen LogP contribution in [0.3, 0.4) is 0 Å². The van der Waals surface area contributed by atoms with E-state index in [4.69, 9.17) is 11.6 Å². The molecule has 0 radical (unpaired) electrons. The third kappa shape index (κ3) is 4.11. The van der Waals surface area contributed by atoms with Crippen LogP contribution in [0.25, 0.3) is 77.2 Å². The van der Waals surface area contributed by atoms with Crippen molar-refractivity contribution in [3.63, 3.8) is 0 Å². The summed E-state index contributed by atoms with van der Waals surface area (Å²) in [6.45, 7) is 0. The molecule has 0 aliphatic rings. The smallest absolute Gasteiger partial charge is 0.0548 e. The molecule has 2 nitrogen and oxygen atoms in total. The van der Waals surface area contributed by atoms with E-state index in [1.165, 1.54) is 49.4 Å². The highest BCUT2D eigenvalue weighted by atomic mass is 35.5. The second kappa shape index (κ2) is 10.3. The summed E-state index contributed by atoms with van der Waals surface area (Å²) in [5, 5.41) is 5.56. The van der Waals surface area contributed by atoms with Gasteiger partial charge in [0.2, 0.25) is 0 Å². The van der Waals surface area contributed by atoms with Crippen molar-refractivity contribution >= 4 is 55.2 Å². The Morgan fingerprint density at radius 3 is 1.60 bits per heavy atom. The monoisotopic (exact) mass is 594 g/mol. The Morgan fingerprint density at radius 2 is 0.867 bits per heavy atom. The maximum Gasteiger partial charge on any atom is 0.0548 e. The molecule has 45 heavy (non-hydrogen) atoms. The van der Waals surface area contributed by atoms with E-state index in [2.05, 4.69) is 167 Å². The highest BCUT2D eigenvalue weighted by Crippen LogP contribution is 2.43. The first-order valence-electron chi connectivity index (χ1n) is 15.2. The van der Waals surface area contributed by atoms with Gasteiger partial charge in [-0.3, -0.25) is 0 Å². The van der Waals surface area contributed by atoms with Gasteiger partial charge in [-0.05, 0) is 82.9 Å². The third-order valence-electron chi connectivity index (χ3n) is 8.97. The van der Waals surface area contributed by atoms with Crippen molar-refractivity contribution < 1.29 is 0 Å². The lowest BCUT2D eigenvalue weighted by Crippen LogP contribution is -1.95. The quantitative estimate of drug-likeness (QED) is 0.192. The van der Waals surface area contributed by atoms with Crippen molar-refractivity contribution in [2.24, 2.45) is 0 Å². The standard InChI is InChI=1S/C42H27ClN2/c43-32-20-23-38-36(27-32)42-40(44(38)33-21-18-30(19-22-33)28-10-3-1-4-11-28)25-24-39-41(42)35-16-7-8-17-37(35)45(39)34-15-9-14-31(26-34)29-12-5-2-6-13-29/h1-27H. The number of benzene rings is 7. The molecule has 0 saturated heterocycles. The zero-order chi connectivity index (χ0) is 29.9. The highest BCUT2D eigenvalue weighted by molar-refractivity contribution is 6.34. The number of para-hydroxylation sites is 1. The van der Waals surface area contributed by atoms with Crippen molar-refractivity contribution in [1.29, 1.82) is 0 Å². The summed E-state index contributed by atoms with van der Waals surface area (Å²) in [6.07, 6.45) is 0. The van der Waals surface area contributed by atoms with E-state index < -0.39 is 0 Å². The fraction of sp³-hybridized carbons (Fsp3) is 0. The van der Waals surface area contributed by atoms with Crippen LogP contribution in [0.2, 0.25) is 5.02 Å². The van der Waals surface area contributed by atoms with Gasteiger partial charge in [0.1, 0.15) is 0 Å². The second-order valence-electron chi connectivity index (χ2n) is 11.5. The first-order chi connectivity index (χ1) is 22.2. The lowest BCUT2D eigenvalue weighted by atomic mass is 10.0. The van der Waals surface area contributed by atoms with Crippen molar-refractivity contribution in [3.05, 3.63) is 169 Å². The molecule has 0 unspecified atom stereocenters. The van der Waals surface area contributed by atoms with Gasteiger partial charge in [0.05, 0.1) is 22.1 Å². The maximum atomic E-state index is 6.69. The molecule has 0 saturated carbocycles. The summed E-state index contributed by atoms with van der Waals surface area (Å²) in [5.74, 6) is 0. The van der Waals surface area contributed by atoms with Gasteiger partial charge < -0.3 is 9.13 Å². The molecule has 0 N–H and O–H groups in total. The number of nitrogens with zero attached hydrogens (tertiary/aromatic N) is 2. The Labute approximate surface area is 266 Å². The zero-order valence-electron chi connectivity index (χ0n) is 24.4. The van der Waals surface area contributed by atoms with E-state index in [9.17, 15) is 0 Å². The Hall–Kier alpha value is -5.57. The lowest BCUT2D eigenvalue weighted by molar-refractivity contribution is 1.17. The van der Waals surface area contributed by atoms with E-state index in [0.717, 1.165) is 32.8 Å². The van der Waals surface area contributed by atoms with Gasteiger partial charge in [0.25, 0.3) is 0 Å². The van der Waals surface area contributed by atoms with Crippen LogP contribution in [0.4, 0.5) is 0 Å². The number of hydrogen-bond donors (Lipinski definition) is 0. The van der Waals surface area contributed by atoms with Crippen molar-refractivity contribution in [2.75, 3.05) is 0 Å². The van der Waals surface area contributed by atoms with E-state index in [-0.39, 0.29) is 0 Å². The van der Waals surface area contributed by atoms with E-state index in [0.29, 0.717) is 0 Å². The molecule has 2 aromatic heterocycles. The first kappa shape index (κ1) is 25.9. The molecule has 0 atom stereocenters. The average molecular weight is 595 g/mol. The topological polar surface area (TPSA) is 9.86 Å². The van der Waals surface area contributed by atoms with Gasteiger partial charge >= 0.3 is 0 Å². The molecule has 0 spiro atoms. The minimum absolute atomic E-state index is 0.734. The largest absolute Gasteiger partial charge is 0.309 e. The summed E-state index contributed by atoms with van der Waals surface area (Å²) in [6, 6.07) is 58.4. The zero-order valence-corrected chi connectivity index (χ0v) is 25.1. The molecular weight excluding hydrogens is 568 g/mol. The maximum absolute atomic E-state index is 6.69. The van der Waals surface area contributed by atoms with Crippen LogP contribution in [0.15, 0.2) is 164 Å². The van der Waals surface area contributed by atoms with Gasteiger partial charge in [-0.15, -0.1) is 0 Å². The lowest BCUT2D eigenvalue weighted by Gasteiger charge is -2.11. The molecule has 212 valence electrons. The summed E-state index contributed by atoms with van der Waals surface area (Å²) < 4.78 is 4.77.